The van der Waals surface area contributed by atoms with Gasteiger partial charge in [0.05, 0.1) is 6.54 Å². The molecule has 0 aliphatic rings. The lowest BCUT2D eigenvalue weighted by atomic mass is 10.2. The summed E-state index contributed by atoms with van der Waals surface area (Å²) in [4.78, 5) is 25.1. The summed E-state index contributed by atoms with van der Waals surface area (Å²) in [6.07, 6.45) is 0. The van der Waals surface area contributed by atoms with E-state index in [-0.39, 0.29) is 18.4 Å². The smallest absolute Gasteiger partial charge is 0.243 e. The van der Waals surface area contributed by atoms with Crippen molar-refractivity contribution in [3.63, 3.8) is 0 Å². The van der Waals surface area contributed by atoms with Crippen LogP contribution >= 0.6 is 0 Å². The van der Waals surface area contributed by atoms with Crippen molar-refractivity contribution in [2.75, 3.05) is 42.3 Å². The van der Waals surface area contributed by atoms with Crippen LogP contribution in [0.2, 0.25) is 0 Å². The molecular formula is C25H27N3O4. The molecule has 0 spiro atoms. The molecule has 0 heterocycles. The van der Waals surface area contributed by atoms with E-state index in [2.05, 4.69) is 10.6 Å². The zero-order valence-corrected chi connectivity index (χ0v) is 18.2. The number of rotatable bonds is 10. The first-order valence-corrected chi connectivity index (χ1v) is 10.3. The number of hydrogen-bond donors (Lipinski definition) is 2. The van der Waals surface area contributed by atoms with Gasteiger partial charge in [-0.15, -0.1) is 0 Å². The van der Waals surface area contributed by atoms with E-state index in [1.54, 1.807) is 31.3 Å². The van der Waals surface area contributed by atoms with Crippen LogP contribution in [0, 0.1) is 0 Å². The van der Waals surface area contributed by atoms with Crippen LogP contribution in [0.1, 0.15) is 6.92 Å². The molecule has 3 aromatic rings. The number of para-hydroxylation sites is 1. The number of amides is 2. The van der Waals surface area contributed by atoms with Crippen LogP contribution in [0.5, 0.6) is 11.5 Å². The van der Waals surface area contributed by atoms with Gasteiger partial charge in [0, 0.05) is 31.0 Å². The van der Waals surface area contributed by atoms with E-state index in [4.69, 9.17) is 9.47 Å². The highest BCUT2D eigenvalue weighted by Crippen LogP contribution is 2.18. The van der Waals surface area contributed by atoms with Crippen molar-refractivity contribution < 1.29 is 19.1 Å². The number of carbonyl (C=O) groups is 2. The van der Waals surface area contributed by atoms with Crippen LogP contribution in [0.15, 0.2) is 78.9 Å². The molecule has 166 valence electrons. The molecule has 0 aliphatic heterocycles. The van der Waals surface area contributed by atoms with E-state index in [1.165, 1.54) is 11.8 Å². The van der Waals surface area contributed by atoms with Crippen LogP contribution < -0.4 is 25.0 Å². The van der Waals surface area contributed by atoms with Crippen LogP contribution in [0.3, 0.4) is 0 Å². The monoisotopic (exact) mass is 433 g/mol. The number of nitrogens with zero attached hydrogens (tertiary/aromatic N) is 1. The second-order valence-corrected chi connectivity index (χ2v) is 7.06. The first kappa shape index (κ1) is 22.7. The molecule has 2 amide bonds. The van der Waals surface area contributed by atoms with Crippen LogP contribution in [0.25, 0.3) is 0 Å². The van der Waals surface area contributed by atoms with Crippen molar-refractivity contribution in [1.29, 1.82) is 0 Å². The molecule has 0 atom stereocenters. The van der Waals surface area contributed by atoms with Gasteiger partial charge >= 0.3 is 0 Å². The molecule has 0 aliphatic carbocycles. The van der Waals surface area contributed by atoms with Gasteiger partial charge in [0.1, 0.15) is 24.7 Å². The van der Waals surface area contributed by atoms with E-state index >= 15 is 0 Å². The minimum Gasteiger partial charge on any atom is -0.490 e. The van der Waals surface area contributed by atoms with E-state index in [1.807, 2.05) is 54.6 Å². The first-order valence-electron chi connectivity index (χ1n) is 10.3. The Balaban J connectivity index is 1.38. The highest BCUT2D eigenvalue weighted by atomic mass is 16.5. The second kappa shape index (κ2) is 11.4. The fourth-order valence-electron chi connectivity index (χ4n) is 2.84. The normalized spacial score (nSPS) is 10.2. The Bertz CT molecular complexity index is 1010. The molecule has 7 heteroatoms. The van der Waals surface area contributed by atoms with Gasteiger partial charge in [-0.1, -0.05) is 18.2 Å². The summed E-state index contributed by atoms with van der Waals surface area (Å²) in [6, 6.07) is 24.1. The highest BCUT2D eigenvalue weighted by Gasteiger charge is 2.07. The van der Waals surface area contributed by atoms with Gasteiger partial charge in [0.15, 0.2) is 0 Å². The molecule has 32 heavy (non-hydrogen) atoms. The average Bonchev–Trinajstić information content (AvgIpc) is 2.82. The third-order valence-electron chi connectivity index (χ3n) is 4.68. The van der Waals surface area contributed by atoms with Crippen molar-refractivity contribution in [3.8, 4) is 11.5 Å². The molecule has 0 radical (unpaired) electrons. The van der Waals surface area contributed by atoms with Gasteiger partial charge in [0.2, 0.25) is 11.8 Å². The molecule has 0 aromatic heterocycles. The van der Waals surface area contributed by atoms with Gasteiger partial charge in [-0.05, 0) is 60.7 Å². The number of nitrogens with one attached hydrogen (secondary N) is 2. The second-order valence-electron chi connectivity index (χ2n) is 7.06. The van der Waals surface area contributed by atoms with E-state index in [0.29, 0.717) is 18.9 Å². The zero-order chi connectivity index (χ0) is 22.8. The first-order chi connectivity index (χ1) is 15.5. The Hall–Kier alpha value is -4.00. The number of hydrogen-bond acceptors (Lipinski definition) is 5. The summed E-state index contributed by atoms with van der Waals surface area (Å²) in [5, 5.41) is 5.90. The van der Waals surface area contributed by atoms with Crippen molar-refractivity contribution in [2.24, 2.45) is 0 Å². The molecule has 0 saturated carbocycles. The zero-order valence-electron chi connectivity index (χ0n) is 18.2. The molecule has 2 N–H and O–H groups in total. The minimum absolute atomic E-state index is 0.0529. The summed E-state index contributed by atoms with van der Waals surface area (Å²) in [7, 11) is 1.70. The van der Waals surface area contributed by atoms with E-state index in [9.17, 15) is 9.59 Å². The van der Waals surface area contributed by atoms with Gasteiger partial charge < -0.3 is 25.0 Å². The van der Waals surface area contributed by atoms with Gasteiger partial charge in [-0.2, -0.15) is 0 Å². The fraction of sp³-hybridized carbons (Fsp3) is 0.200. The molecule has 3 rings (SSSR count). The summed E-state index contributed by atoms with van der Waals surface area (Å²) in [5.74, 6) is 1.32. The van der Waals surface area contributed by atoms with Crippen molar-refractivity contribution in [2.45, 2.75) is 6.92 Å². The highest BCUT2D eigenvalue weighted by molar-refractivity contribution is 5.94. The predicted molar refractivity (Wildman–Crippen MR) is 127 cm³/mol. The van der Waals surface area contributed by atoms with E-state index in [0.717, 1.165) is 22.9 Å². The lowest BCUT2D eigenvalue weighted by molar-refractivity contribution is -0.116. The standard InChI is InChI=1S/C25H27N3O4/c1-19(29)28(2)22-12-8-21(9-13-22)27-25(30)18-26-20-10-14-24(15-11-20)32-17-16-31-23-6-4-3-5-7-23/h3-15,26H,16-18H2,1-2H3,(H,27,30). The largest absolute Gasteiger partial charge is 0.490 e. The fourth-order valence-corrected chi connectivity index (χ4v) is 2.84. The van der Waals surface area contributed by atoms with Gasteiger partial charge in [-0.25, -0.2) is 0 Å². The molecule has 0 unspecified atom stereocenters. The Morgan fingerprint density at radius 3 is 1.94 bits per heavy atom. The average molecular weight is 434 g/mol. The Kier molecular flexibility index (Phi) is 8.09. The van der Waals surface area contributed by atoms with E-state index < -0.39 is 0 Å². The molecular weight excluding hydrogens is 406 g/mol. The Morgan fingerprint density at radius 1 is 0.781 bits per heavy atom. The Morgan fingerprint density at radius 2 is 1.34 bits per heavy atom. The summed E-state index contributed by atoms with van der Waals surface area (Å²) in [5.41, 5.74) is 2.24. The predicted octanol–water partition coefficient (Wildman–Crippen LogP) is 4.18. The third kappa shape index (κ3) is 7.05. The Labute approximate surface area is 188 Å². The maximum absolute atomic E-state index is 12.2. The number of anilines is 3. The topological polar surface area (TPSA) is 79.9 Å². The van der Waals surface area contributed by atoms with Gasteiger partial charge in [-0.3, -0.25) is 9.59 Å². The molecule has 0 fully saturated rings. The van der Waals surface area contributed by atoms with Crippen LogP contribution in [-0.2, 0) is 9.59 Å². The SMILES string of the molecule is CC(=O)N(C)c1ccc(NC(=O)CNc2ccc(OCCOc3ccccc3)cc2)cc1. The molecule has 7 nitrogen and oxygen atoms in total. The maximum atomic E-state index is 12.2. The lowest BCUT2D eigenvalue weighted by Gasteiger charge is -2.15. The quantitative estimate of drug-likeness (QED) is 0.469. The number of benzene rings is 3. The number of carbonyl (C=O) groups excluding carboxylic acids is 2. The third-order valence-corrected chi connectivity index (χ3v) is 4.68. The summed E-state index contributed by atoms with van der Waals surface area (Å²) in [6.45, 7) is 2.52. The minimum atomic E-state index is -0.170. The van der Waals surface area contributed by atoms with Crippen LogP contribution in [0.4, 0.5) is 17.1 Å². The van der Waals surface area contributed by atoms with Gasteiger partial charge in [0.25, 0.3) is 0 Å². The summed E-state index contributed by atoms with van der Waals surface area (Å²) >= 11 is 0. The van der Waals surface area contributed by atoms with Crippen molar-refractivity contribution >= 4 is 28.9 Å². The summed E-state index contributed by atoms with van der Waals surface area (Å²) < 4.78 is 11.3. The number of ether oxygens (including phenoxy) is 2. The molecule has 0 saturated heterocycles. The lowest BCUT2D eigenvalue weighted by Crippen LogP contribution is -2.23. The van der Waals surface area contributed by atoms with Crippen molar-refractivity contribution in [1.82, 2.24) is 0 Å². The van der Waals surface area contributed by atoms with Crippen molar-refractivity contribution in [3.05, 3.63) is 78.9 Å². The van der Waals surface area contributed by atoms with Crippen LogP contribution in [-0.4, -0.2) is 38.6 Å². The maximum Gasteiger partial charge on any atom is 0.243 e. The molecule has 3 aromatic carbocycles. The molecule has 0 bridgehead atoms.